The lowest BCUT2D eigenvalue weighted by molar-refractivity contribution is -0.135. The molecule has 2 aromatic carbocycles. The van der Waals surface area contributed by atoms with Gasteiger partial charge in [0.15, 0.2) is 0 Å². The highest BCUT2D eigenvalue weighted by atomic mass is 16.5. The van der Waals surface area contributed by atoms with Crippen LogP contribution in [-0.4, -0.2) is 71.2 Å². The third-order valence-electron chi connectivity index (χ3n) is 8.05. The number of carbonyl (C=O) groups excluding carboxylic acids is 2. The lowest BCUT2D eigenvalue weighted by Crippen LogP contribution is -2.57. The minimum absolute atomic E-state index is 0.119. The lowest BCUT2D eigenvalue weighted by Gasteiger charge is -2.41. The van der Waals surface area contributed by atoms with Crippen molar-refractivity contribution in [1.29, 1.82) is 0 Å². The van der Waals surface area contributed by atoms with Gasteiger partial charge in [0.1, 0.15) is 17.5 Å². The number of nitrogens with zero attached hydrogens (tertiary/aromatic N) is 3. The third-order valence-corrected chi connectivity index (χ3v) is 8.05. The number of hydrogen-bond acceptors (Lipinski definition) is 5. The van der Waals surface area contributed by atoms with E-state index in [4.69, 9.17) is 9.94 Å². The van der Waals surface area contributed by atoms with Gasteiger partial charge >= 0.3 is 6.03 Å². The average Bonchev–Trinajstić information content (AvgIpc) is 3.73. The van der Waals surface area contributed by atoms with Gasteiger partial charge in [0.2, 0.25) is 5.91 Å². The van der Waals surface area contributed by atoms with Crippen molar-refractivity contribution in [2.75, 3.05) is 33.8 Å². The second-order valence-electron chi connectivity index (χ2n) is 9.96. The number of hydrogen-bond donors (Lipinski definition) is 2. The van der Waals surface area contributed by atoms with Crippen LogP contribution in [0.15, 0.2) is 48.5 Å². The molecular weight excluding hydrogens is 444 g/mol. The summed E-state index contributed by atoms with van der Waals surface area (Å²) in [4.78, 5) is 31.7. The molecule has 8 nitrogen and oxygen atoms in total. The number of ether oxygens (including phenoxy) is 1. The molecular formula is C27H34N4O4. The van der Waals surface area contributed by atoms with E-state index in [9.17, 15) is 9.59 Å². The summed E-state index contributed by atoms with van der Waals surface area (Å²) in [6.07, 6.45) is 4.17. The Morgan fingerprint density at radius 1 is 1.06 bits per heavy atom. The number of methoxy groups -OCH3 is 1. The molecule has 1 aliphatic carbocycles. The second-order valence-corrected chi connectivity index (χ2v) is 9.96. The Kier molecular flexibility index (Phi) is 6.42. The van der Waals surface area contributed by atoms with Crippen LogP contribution < -0.4 is 10.2 Å². The zero-order chi connectivity index (χ0) is 24.6. The molecule has 35 heavy (non-hydrogen) atoms. The normalized spacial score (nSPS) is 22.0. The van der Waals surface area contributed by atoms with Gasteiger partial charge in [0.25, 0.3) is 0 Å². The predicted molar refractivity (Wildman–Crippen MR) is 131 cm³/mol. The van der Waals surface area contributed by atoms with Crippen LogP contribution in [0.25, 0.3) is 0 Å². The molecule has 2 saturated heterocycles. The van der Waals surface area contributed by atoms with E-state index in [2.05, 4.69) is 29.2 Å². The molecule has 0 bridgehead atoms. The van der Waals surface area contributed by atoms with E-state index >= 15 is 0 Å². The maximum atomic E-state index is 14.0. The van der Waals surface area contributed by atoms with Crippen molar-refractivity contribution in [3.63, 3.8) is 0 Å². The number of amides is 3. The topological polar surface area (TPSA) is 85.3 Å². The fourth-order valence-corrected chi connectivity index (χ4v) is 5.72. The van der Waals surface area contributed by atoms with Crippen molar-refractivity contribution >= 4 is 11.9 Å². The SMILES string of the molecule is COc1ccc(CCN2C(=O)C3(CCN(C(=O)NO)CC3)N(C)C2c2ccc(C3CC3)cc2)cc1. The number of nitrogens with one attached hydrogen (secondary N) is 1. The Morgan fingerprint density at radius 2 is 1.69 bits per heavy atom. The largest absolute Gasteiger partial charge is 0.497 e. The van der Waals surface area contributed by atoms with Crippen molar-refractivity contribution < 1.29 is 19.5 Å². The lowest BCUT2D eigenvalue weighted by atomic mass is 9.86. The van der Waals surface area contributed by atoms with E-state index in [0.29, 0.717) is 38.4 Å². The standard InChI is InChI=1S/C27H34N4O4/c1-29-24(22-9-7-21(8-10-22)20-5-6-20)31(16-13-19-3-11-23(35-2)12-4-19)25(32)27(29)14-17-30(18-15-27)26(33)28-34/h3-4,7-12,20,24,34H,5-6,13-18H2,1-2H3,(H,28,33). The van der Waals surface area contributed by atoms with Crippen LogP contribution in [-0.2, 0) is 11.2 Å². The van der Waals surface area contributed by atoms with Gasteiger partial charge in [-0.15, -0.1) is 0 Å². The molecule has 2 aromatic rings. The van der Waals surface area contributed by atoms with E-state index in [0.717, 1.165) is 23.3 Å². The van der Waals surface area contributed by atoms with E-state index in [1.165, 1.54) is 18.4 Å². The highest BCUT2D eigenvalue weighted by Gasteiger charge is 2.57. The molecule has 8 heteroatoms. The number of piperidine rings is 1. The Hall–Kier alpha value is -3.10. The smallest absolute Gasteiger partial charge is 0.341 e. The zero-order valence-corrected chi connectivity index (χ0v) is 20.4. The summed E-state index contributed by atoms with van der Waals surface area (Å²) >= 11 is 0. The van der Waals surface area contributed by atoms with Crippen molar-refractivity contribution in [2.45, 2.75) is 49.7 Å². The zero-order valence-electron chi connectivity index (χ0n) is 20.4. The molecule has 0 radical (unpaired) electrons. The summed E-state index contributed by atoms with van der Waals surface area (Å²) < 4.78 is 5.27. The Labute approximate surface area is 206 Å². The fraction of sp³-hybridized carbons (Fsp3) is 0.481. The van der Waals surface area contributed by atoms with Gasteiger partial charge < -0.3 is 14.5 Å². The van der Waals surface area contributed by atoms with E-state index in [1.807, 2.05) is 36.2 Å². The van der Waals surface area contributed by atoms with E-state index in [-0.39, 0.29) is 12.1 Å². The molecule has 2 N–H and O–H groups in total. The summed E-state index contributed by atoms with van der Waals surface area (Å²) in [7, 11) is 3.69. The molecule has 186 valence electrons. The Bertz CT molecular complexity index is 1060. The number of likely N-dealkylation sites (tertiary alicyclic amines) is 1. The number of benzene rings is 2. The monoisotopic (exact) mass is 478 g/mol. The number of rotatable bonds is 6. The highest BCUT2D eigenvalue weighted by Crippen LogP contribution is 2.46. The fourth-order valence-electron chi connectivity index (χ4n) is 5.72. The van der Waals surface area contributed by atoms with Gasteiger partial charge in [-0.25, -0.2) is 10.3 Å². The Balaban J connectivity index is 1.40. The number of urea groups is 1. The van der Waals surface area contributed by atoms with Crippen molar-refractivity contribution in [1.82, 2.24) is 20.2 Å². The average molecular weight is 479 g/mol. The molecule has 1 unspecified atom stereocenters. The minimum Gasteiger partial charge on any atom is -0.497 e. The number of hydroxylamine groups is 1. The van der Waals surface area contributed by atoms with Crippen LogP contribution in [0.4, 0.5) is 4.79 Å². The van der Waals surface area contributed by atoms with Gasteiger partial charge in [-0.2, -0.15) is 0 Å². The number of carbonyl (C=O) groups is 2. The summed E-state index contributed by atoms with van der Waals surface area (Å²) in [5.41, 5.74) is 4.70. The van der Waals surface area contributed by atoms with Gasteiger partial charge in [0.05, 0.1) is 7.11 Å². The molecule has 2 aliphatic heterocycles. The van der Waals surface area contributed by atoms with Gasteiger partial charge in [0, 0.05) is 19.6 Å². The third kappa shape index (κ3) is 4.36. The van der Waals surface area contributed by atoms with Crippen LogP contribution in [0.1, 0.15) is 54.5 Å². The maximum Gasteiger partial charge on any atom is 0.341 e. The molecule has 3 fully saturated rings. The van der Waals surface area contributed by atoms with Crippen LogP contribution in [0, 0.1) is 0 Å². The molecule has 5 rings (SSSR count). The number of likely N-dealkylation sites (N-methyl/N-ethyl adjacent to an activating group) is 1. The van der Waals surface area contributed by atoms with Crippen LogP contribution in [0.2, 0.25) is 0 Å². The first kappa shape index (κ1) is 23.6. The van der Waals surface area contributed by atoms with Crippen LogP contribution in [0.5, 0.6) is 5.75 Å². The summed E-state index contributed by atoms with van der Waals surface area (Å²) in [6, 6.07) is 16.3. The summed E-state index contributed by atoms with van der Waals surface area (Å²) in [5.74, 6) is 1.62. The molecule has 2 heterocycles. The first-order valence-electron chi connectivity index (χ1n) is 12.4. The van der Waals surface area contributed by atoms with Gasteiger partial charge in [-0.05, 0) is 73.9 Å². The molecule has 1 saturated carbocycles. The van der Waals surface area contributed by atoms with Gasteiger partial charge in [-0.3, -0.25) is 14.9 Å². The molecule has 3 amide bonds. The quantitative estimate of drug-likeness (QED) is 0.490. The second kappa shape index (κ2) is 9.51. The summed E-state index contributed by atoms with van der Waals surface area (Å²) in [6.45, 7) is 1.44. The maximum absolute atomic E-state index is 14.0. The van der Waals surface area contributed by atoms with Crippen molar-refractivity contribution in [3.05, 3.63) is 65.2 Å². The first-order valence-corrected chi connectivity index (χ1v) is 12.4. The summed E-state index contributed by atoms with van der Waals surface area (Å²) in [5, 5.41) is 9.02. The highest BCUT2D eigenvalue weighted by molar-refractivity contribution is 5.89. The van der Waals surface area contributed by atoms with Gasteiger partial charge in [-0.1, -0.05) is 36.4 Å². The molecule has 0 aromatic heterocycles. The predicted octanol–water partition coefficient (Wildman–Crippen LogP) is 3.52. The molecule has 1 atom stereocenters. The van der Waals surface area contributed by atoms with E-state index in [1.54, 1.807) is 17.5 Å². The minimum atomic E-state index is -0.661. The Morgan fingerprint density at radius 3 is 2.26 bits per heavy atom. The van der Waals surface area contributed by atoms with E-state index < -0.39 is 11.6 Å². The molecule has 3 aliphatic rings. The van der Waals surface area contributed by atoms with Crippen molar-refractivity contribution in [2.24, 2.45) is 0 Å². The molecule has 1 spiro atoms. The van der Waals surface area contributed by atoms with Crippen LogP contribution in [0.3, 0.4) is 0 Å². The van der Waals surface area contributed by atoms with Crippen LogP contribution >= 0.6 is 0 Å². The first-order chi connectivity index (χ1) is 17.0. The van der Waals surface area contributed by atoms with Crippen molar-refractivity contribution in [3.8, 4) is 5.75 Å².